The van der Waals surface area contributed by atoms with Crippen molar-refractivity contribution in [1.29, 1.82) is 0 Å². The maximum absolute atomic E-state index is 12.4. The van der Waals surface area contributed by atoms with Crippen molar-refractivity contribution >= 4 is 11.4 Å². The molecular formula is C8H6F6N2O2. The Balaban J connectivity index is 3.79. The summed E-state index contributed by atoms with van der Waals surface area (Å²) in [5.41, 5.74) is 2.21. The molecule has 18 heavy (non-hydrogen) atoms. The zero-order valence-electron chi connectivity index (χ0n) is 8.32. The van der Waals surface area contributed by atoms with Crippen molar-refractivity contribution in [2.24, 2.45) is 0 Å². The molecular weight excluding hydrogens is 270 g/mol. The zero-order valence-corrected chi connectivity index (χ0v) is 8.32. The number of hydrogen-bond donors (Lipinski definition) is 4. The number of nitrogen functional groups attached to an aromatic ring is 2. The van der Waals surface area contributed by atoms with E-state index in [2.05, 4.69) is 0 Å². The van der Waals surface area contributed by atoms with Crippen LogP contribution in [0, 0.1) is 0 Å². The maximum Gasteiger partial charge on any atom is 0.422 e. The molecule has 0 saturated carbocycles. The van der Waals surface area contributed by atoms with Crippen LogP contribution < -0.4 is 11.5 Å². The van der Waals surface area contributed by atoms with Gasteiger partial charge in [0.15, 0.2) is 11.5 Å². The molecule has 10 heteroatoms. The van der Waals surface area contributed by atoms with Crippen molar-refractivity contribution in [3.63, 3.8) is 0 Å². The van der Waals surface area contributed by atoms with Gasteiger partial charge in [-0.05, 0) is 0 Å². The Labute approximate surface area is 95.4 Å². The quantitative estimate of drug-likeness (QED) is 0.253. The van der Waals surface area contributed by atoms with Crippen molar-refractivity contribution in [3.05, 3.63) is 11.1 Å². The minimum absolute atomic E-state index is 1.64. The first-order valence-corrected chi connectivity index (χ1v) is 4.16. The molecule has 102 valence electrons. The molecule has 4 nitrogen and oxygen atoms in total. The highest BCUT2D eigenvalue weighted by atomic mass is 19.4. The van der Waals surface area contributed by atoms with Crippen molar-refractivity contribution in [2.45, 2.75) is 12.4 Å². The van der Waals surface area contributed by atoms with Crippen LogP contribution in [0.4, 0.5) is 37.7 Å². The summed E-state index contributed by atoms with van der Waals surface area (Å²) in [6.07, 6.45) is -10.5. The fraction of sp³-hybridized carbons (Fsp3) is 0.250. The Hall–Kier alpha value is -2.00. The second kappa shape index (κ2) is 3.75. The highest BCUT2D eigenvalue weighted by molar-refractivity contribution is 5.78. The fourth-order valence-electron chi connectivity index (χ4n) is 1.34. The van der Waals surface area contributed by atoms with E-state index in [1.165, 1.54) is 0 Å². The highest BCUT2D eigenvalue weighted by Crippen LogP contribution is 2.53. The van der Waals surface area contributed by atoms with Crippen molar-refractivity contribution in [2.75, 3.05) is 11.5 Å². The van der Waals surface area contributed by atoms with Crippen LogP contribution in [0.3, 0.4) is 0 Å². The van der Waals surface area contributed by atoms with E-state index in [4.69, 9.17) is 21.7 Å². The SMILES string of the molecule is Nc1c(O)c(C(F)(F)F)c(N)c(O)c1C(F)(F)F. The standard InChI is InChI=1S/C8H6F6N2O2/c9-7(10,11)1-3(15)6(18)2(8(12,13)14)4(16)5(1)17/h17-18H,15-16H2. The molecule has 6 N–H and O–H groups in total. The molecule has 0 spiro atoms. The van der Waals surface area contributed by atoms with E-state index in [-0.39, 0.29) is 0 Å². The van der Waals surface area contributed by atoms with Gasteiger partial charge in [-0.2, -0.15) is 26.3 Å². The van der Waals surface area contributed by atoms with Gasteiger partial charge in [0.1, 0.15) is 11.1 Å². The molecule has 0 aromatic heterocycles. The molecule has 0 bridgehead atoms. The topological polar surface area (TPSA) is 92.5 Å². The van der Waals surface area contributed by atoms with Gasteiger partial charge in [-0.15, -0.1) is 0 Å². The van der Waals surface area contributed by atoms with E-state index >= 15 is 0 Å². The lowest BCUT2D eigenvalue weighted by molar-refractivity contribution is -0.142. The molecule has 1 aromatic carbocycles. The maximum atomic E-state index is 12.4. The van der Waals surface area contributed by atoms with Crippen molar-refractivity contribution in [3.8, 4) is 11.5 Å². The van der Waals surface area contributed by atoms with E-state index in [1.807, 2.05) is 0 Å². The van der Waals surface area contributed by atoms with Crippen LogP contribution in [0.2, 0.25) is 0 Å². The average molecular weight is 276 g/mol. The molecule has 0 saturated heterocycles. The largest absolute Gasteiger partial charge is 0.505 e. The van der Waals surface area contributed by atoms with Gasteiger partial charge >= 0.3 is 12.4 Å². The lowest BCUT2D eigenvalue weighted by atomic mass is 10.0. The van der Waals surface area contributed by atoms with Crippen LogP contribution in [0.1, 0.15) is 11.1 Å². The Bertz CT molecular complexity index is 420. The first-order valence-electron chi connectivity index (χ1n) is 4.16. The predicted octanol–water partition coefficient (Wildman–Crippen LogP) is 2.30. The number of benzene rings is 1. The number of phenols is 2. The van der Waals surface area contributed by atoms with Gasteiger partial charge in [0.05, 0.1) is 11.4 Å². The number of hydrogen-bond acceptors (Lipinski definition) is 4. The molecule has 0 heterocycles. The molecule has 0 aliphatic carbocycles. The first-order chi connectivity index (χ1) is 7.89. The third-order valence-corrected chi connectivity index (χ3v) is 2.09. The Kier molecular flexibility index (Phi) is 2.93. The summed E-state index contributed by atoms with van der Waals surface area (Å²) in [6, 6.07) is 0. The number of nitrogens with two attached hydrogens (primary N) is 2. The minimum atomic E-state index is -5.26. The van der Waals surface area contributed by atoms with Gasteiger partial charge in [0, 0.05) is 0 Å². The fourth-order valence-corrected chi connectivity index (χ4v) is 1.34. The average Bonchev–Trinajstić information content (AvgIpc) is 2.10. The predicted molar refractivity (Wildman–Crippen MR) is 48.6 cm³/mol. The number of aromatic hydroxyl groups is 2. The Morgan fingerprint density at radius 3 is 1.06 bits per heavy atom. The van der Waals surface area contributed by atoms with Gasteiger partial charge in [-0.25, -0.2) is 0 Å². The third kappa shape index (κ3) is 2.05. The smallest absolute Gasteiger partial charge is 0.422 e. The van der Waals surface area contributed by atoms with Gasteiger partial charge < -0.3 is 21.7 Å². The van der Waals surface area contributed by atoms with Crippen LogP contribution in [-0.4, -0.2) is 10.2 Å². The third-order valence-electron chi connectivity index (χ3n) is 2.09. The number of rotatable bonds is 0. The molecule has 0 unspecified atom stereocenters. The summed E-state index contributed by atoms with van der Waals surface area (Å²) in [6.45, 7) is 0. The molecule has 0 aliphatic heterocycles. The molecule has 0 fully saturated rings. The monoisotopic (exact) mass is 276 g/mol. The van der Waals surface area contributed by atoms with E-state index in [0.717, 1.165) is 0 Å². The normalized spacial score (nSPS) is 12.8. The van der Waals surface area contributed by atoms with Crippen LogP contribution in [-0.2, 0) is 12.4 Å². The van der Waals surface area contributed by atoms with Gasteiger partial charge in [-0.3, -0.25) is 0 Å². The second-order valence-corrected chi connectivity index (χ2v) is 3.27. The molecule has 1 rings (SSSR count). The number of anilines is 2. The molecule has 1 aromatic rings. The second-order valence-electron chi connectivity index (χ2n) is 3.27. The molecule has 0 aliphatic rings. The van der Waals surface area contributed by atoms with Gasteiger partial charge in [-0.1, -0.05) is 0 Å². The highest BCUT2D eigenvalue weighted by Gasteiger charge is 2.45. The summed E-state index contributed by atoms with van der Waals surface area (Å²) in [5, 5.41) is 18.1. The zero-order chi connectivity index (χ0) is 14.5. The van der Waals surface area contributed by atoms with Crippen molar-refractivity contribution < 1.29 is 36.6 Å². The van der Waals surface area contributed by atoms with E-state index in [1.54, 1.807) is 0 Å². The lowest BCUT2D eigenvalue weighted by Crippen LogP contribution is -2.16. The lowest BCUT2D eigenvalue weighted by Gasteiger charge is -2.19. The van der Waals surface area contributed by atoms with Crippen LogP contribution in [0.25, 0.3) is 0 Å². The van der Waals surface area contributed by atoms with E-state index in [9.17, 15) is 26.3 Å². The van der Waals surface area contributed by atoms with Crippen LogP contribution in [0.15, 0.2) is 0 Å². The summed E-state index contributed by atoms with van der Waals surface area (Å²) in [5.74, 6) is -3.74. The summed E-state index contributed by atoms with van der Waals surface area (Å²) < 4.78 is 74.5. The molecule has 0 atom stereocenters. The van der Waals surface area contributed by atoms with Gasteiger partial charge in [0.25, 0.3) is 0 Å². The Morgan fingerprint density at radius 2 is 0.889 bits per heavy atom. The summed E-state index contributed by atoms with van der Waals surface area (Å²) in [4.78, 5) is 0. The summed E-state index contributed by atoms with van der Waals surface area (Å²) >= 11 is 0. The van der Waals surface area contributed by atoms with Gasteiger partial charge in [0.2, 0.25) is 0 Å². The van der Waals surface area contributed by atoms with Crippen molar-refractivity contribution in [1.82, 2.24) is 0 Å². The molecule has 0 radical (unpaired) electrons. The number of alkyl halides is 6. The summed E-state index contributed by atoms with van der Waals surface area (Å²) in [7, 11) is 0. The van der Waals surface area contributed by atoms with Crippen LogP contribution >= 0.6 is 0 Å². The first kappa shape index (κ1) is 14.1. The van der Waals surface area contributed by atoms with E-state index in [0.29, 0.717) is 0 Å². The molecule has 0 amide bonds. The van der Waals surface area contributed by atoms with Crippen LogP contribution in [0.5, 0.6) is 11.5 Å². The number of phenolic OH excluding ortho intramolecular Hbond substituents is 2. The minimum Gasteiger partial charge on any atom is -0.505 e. The van der Waals surface area contributed by atoms with E-state index < -0.39 is 46.4 Å². The number of halogens is 6. The Morgan fingerprint density at radius 1 is 0.667 bits per heavy atom.